The fraction of sp³-hybridized carbons (Fsp3) is 0.667. The van der Waals surface area contributed by atoms with E-state index >= 15 is 0 Å². The Balaban J connectivity index is 1.79. The highest BCUT2D eigenvalue weighted by atomic mass is 16.5. The Morgan fingerprint density at radius 2 is 1.85 bits per heavy atom. The quantitative estimate of drug-likeness (QED) is 0.811. The van der Waals surface area contributed by atoms with Crippen molar-refractivity contribution < 1.29 is 9.84 Å². The van der Waals surface area contributed by atoms with E-state index in [1.54, 1.807) is 0 Å². The smallest absolute Gasteiger partial charge is 0.0792 e. The summed E-state index contributed by atoms with van der Waals surface area (Å²) < 4.78 is 5.57. The lowest BCUT2D eigenvalue weighted by atomic mass is 9.78. The number of ether oxygens (including phenoxy) is 1. The maximum atomic E-state index is 10.3. The van der Waals surface area contributed by atoms with Crippen LogP contribution in [0, 0.1) is 11.8 Å². The SMILES string of the molecule is CCOC1CC(CC(O)c2ccc(CC(C)C)cc2)C1. The highest BCUT2D eigenvalue weighted by Crippen LogP contribution is 2.36. The molecule has 1 fully saturated rings. The Morgan fingerprint density at radius 1 is 1.20 bits per heavy atom. The average molecular weight is 276 g/mol. The van der Waals surface area contributed by atoms with Gasteiger partial charge in [0.1, 0.15) is 0 Å². The predicted molar refractivity (Wildman–Crippen MR) is 82.7 cm³/mol. The van der Waals surface area contributed by atoms with E-state index in [1.807, 2.05) is 6.92 Å². The van der Waals surface area contributed by atoms with E-state index in [0.717, 1.165) is 37.9 Å². The number of rotatable bonds is 7. The summed E-state index contributed by atoms with van der Waals surface area (Å²) >= 11 is 0. The lowest BCUT2D eigenvalue weighted by Crippen LogP contribution is -2.32. The standard InChI is InChI=1S/C18H28O2/c1-4-20-17-10-15(11-17)12-18(19)16-7-5-14(6-8-16)9-13(2)3/h5-8,13,15,17-19H,4,9-12H2,1-3H3. The van der Waals surface area contributed by atoms with Crippen molar-refractivity contribution in [2.45, 2.75) is 58.7 Å². The second-order valence-corrected chi connectivity index (χ2v) is 6.51. The van der Waals surface area contributed by atoms with Gasteiger partial charge in [-0.15, -0.1) is 0 Å². The minimum Gasteiger partial charge on any atom is -0.388 e. The van der Waals surface area contributed by atoms with Gasteiger partial charge in [-0.1, -0.05) is 38.1 Å². The first-order valence-electron chi connectivity index (χ1n) is 7.97. The minimum absolute atomic E-state index is 0.323. The van der Waals surface area contributed by atoms with Crippen LogP contribution in [-0.2, 0) is 11.2 Å². The Morgan fingerprint density at radius 3 is 2.40 bits per heavy atom. The van der Waals surface area contributed by atoms with Gasteiger partial charge in [-0.2, -0.15) is 0 Å². The van der Waals surface area contributed by atoms with E-state index in [1.165, 1.54) is 5.56 Å². The highest BCUT2D eigenvalue weighted by molar-refractivity contribution is 5.24. The first kappa shape index (κ1) is 15.5. The molecule has 0 saturated heterocycles. The summed E-state index contributed by atoms with van der Waals surface area (Å²) in [7, 11) is 0. The third-order valence-corrected chi connectivity index (χ3v) is 4.16. The van der Waals surface area contributed by atoms with Gasteiger partial charge in [0.05, 0.1) is 12.2 Å². The Kier molecular flexibility index (Phi) is 5.62. The van der Waals surface area contributed by atoms with Gasteiger partial charge in [0.15, 0.2) is 0 Å². The van der Waals surface area contributed by atoms with E-state index in [0.29, 0.717) is 17.9 Å². The fourth-order valence-electron chi connectivity index (χ4n) is 3.04. The topological polar surface area (TPSA) is 29.5 Å². The van der Waals surface area contributed by atoms with Crippen LogP contribution < -0.4 is 0 Å². The van der Waals surface area contributed by atoms with Crippen LogP contribution in [0.2, 0.25) is 0 Å². The van der Waals surface area contributed by atoms with Crippen molar-refractivity contribution in [2.75, 3.05) is 6.61 Å². The summed E-state index contributed by atoms with van der Waals surface area (Å²) in [6, 6.07) is 8.48. The zero-order chi connectivity index (χ0) is 14.5. The number of hydrogen-bond acceptors (Lipinski definition) is 2. The third kappa shape index (κ3) is 4.32. The lowest BCUT2D eigenvalue weighted by Gasteiger charge is -2.36. The van der Waals surface area contributed by atoms with Crippen LogP contribution in [0.3, 0.4) is 0 Å². The molecule has 2 heteroatoms. The average Bonchev–Trinajstić information content (AvgIpc) is 2.36. The predicted octanol–water partition coefficient (Wildman–Crippen LogP) is 4.12. The number of aliphatic hydroxyl groups excluding tert-OH is 1. The van der Waals surface area contributed by atoms with Crippen LogP contribution in [0.15, 0.2) is 24.3 Å². The molecule has 1 aromatic rings. The van der Waals surface area contributed by atoms with Gasteiger partial charge in [0.2, 0.25) is 0 Å². The first-order chi connectivity index (χ1) is 9.58. The molecule has 1 aromatic carbocycles. The molecule has 20 heavy (non-hydrogen) atoms. The van der Waals surface area contributed by atoms with Crippen LogP contribution in [0.25, 0.3) is 0 Å². The maximum absolute atomic E-state index is 10.3. The molecule has 0 aromatic heterocycles. The summed E-state index contributed by atoms with van der Waals surface area (Å²) in [6.45, 7) is 7.31. The minimum atomic E-state index is -0.323. The molecule has 2 rings (SSSR count). The molecular weight excluding hydrogens is 248 g/mol. The zero-order valence-electron chi connectivity index (χ0n) is 13.0. The monoisotopic (exact) mass is 276 g/mol. The molecule has 0 radical (unpaired) electrons. The van der Waals surface area contributed by atoms with E-state index in [-0.39, 0.29) is 6.10 Å². The first-order valence-corrected chi connectivity index (χ1v) is 7.97. The molecule has 1 saturated carbocycles. The van der Waals surface area contributed by atoms with Crippen molar-refractivity contribution in [1.29, 1.82) is 0 Å². The third-order valence-electron chi connectivity index (χ3n) is 4.16. The molecule has 112 valence electrons. The molecule has 1 N–H and O–H groups in total. The van der Waals surface area contributed by atoms with Crippen molar-refractivity contribution in [3.05, 3.63) is 35.4 Å². The number of benzene rings is 1. The van der Waals surface area contributed by atoms with E-state index in [4.69, 9.17) is 4.74 Å². The summed E-state index contributed by atoms with van der Waals surface area (Å²) in [5.74, 6) is 1.30. The van der Waals surface area contributed by atoms with Crippen LogP contribution >= 0.6 is 0 Å². The lowest BCUT2D eigenvalue weighted by molar-refractivity contribution is -0.0380. The number of hydrogen-bond donors (Lipinski definition) is 1. The van der Waals surface area contributed by atoms with Gasteiger partial charge in [-0.25, -0.2) is 0 Å². The molecular formula is C18H28O2. The highest BCUT2D eigenvalue weighted by Gasteiger charge is 2.31. The van der Waals surface area contributed by atoms with Crippen molar-refractivity contribution in [3.63, 3.8) is 0 Å². The molecule has 0 aliphatic heterocycles. The maximum Gasteiger partial charge on any atom is 0.0792 e. The number of aliphatic hydroxyl groups is 1. The molecule has 1 atom stereocenters. The Bertz CT molecular complexity index is 390. The molecule has 0 bridgehead atoms. The molecule has 1 unspecified atom stereocenters. The van der Waals surface area contributed by atoms with Gasteiger partial charge in [-0.3, -0.25) is 0 Å². The molecule has 0 amide bonds. The molecule has 2 nitrogen and oxygen atoms in total. The van der Waals surface area contributed by atoms with Gasteiger partial charge < -0.3 is 9.84 Å². The van der Waals surface area contributed by atoms with Gasteiger partial charge >= 0.3 is 0 Å². The normalized spacial score (nSPS) is 23.6. The van der Waals surface area contributed by atoms with Crippen molar-refractivity contribution in [3.8, 4) is 0 Å². The summed E-state index contributed by atoms with van der Waals surface area (Å²) in [5, 5.41) is 10.3. The molecule has 1 aliphatic carbocycles. The Hall–Kier alpha value is -0.860. The van der Waals surface area contributed by atoms with Gasteiger partial charge in [0, 0.05) is 6.61 Å². The van der Waals surface area contributed by atoms with E-state index in [2.05, 4.69) is 38.1 Å². The second-order valence-electron chi connectivity index (χ2n) is 6.51. The van der Waals surface area contributed by atoms with Crippen molar-refractivity contribution >= 4 is 0 Å². The summed E-state index contributed by atoms with van der Waals surface area (Å²) in [5.41, 5.74) is 2.41. The fourth-order valence-corrected chi connectivity index (χ4v) is 3.04. The Labute approximate surface area is 123 Å². The van der Waals surface area contributed by atoms with E-state index < -0.39 is 0 Å². The van der Waals surface area contributed by atoms with Crippen molar-refractivity contribution in [1.82, 2.24) is 0 Å². The summed E-state index contributed by atoms with van der Waals surface area (Å²) in [6.07, 6.45) is 4.30. The second kappa shape index (κ2) is 7.24. The van der Waals surface area contributed by atoms with Crippen LogP contribution in [0.5, 0.6) is 0 Å². The molecule has 1 aliphatic rings. The van der Waals surface area contributed by atoms with Gasteiger partial charge in [-0.05, 0) is 55.6 Å². The zero-order valence-corrected chi connectivity index (χ0v) is 13.0. The van der Waals surface area contributed by atoms with Crippen molar-refractivity contribution in [2.24, 2.45) is 11.8 Å². The van der Waals surface area contributed by atoms with E-state index in [9.17, 15) is 5.11 Å². The summed E-state index contributed by atoms with van der Waals surface area (Å²) in [4.78, 5) is 0. The van der Waals surface area contributed by atoms with Gasteiger partial charge in [0.25, 0.3) is 0 Å². The molecule has 0 heterocycles. The largest absolute Gasteiger partial charge is 0.388 e. The molecule has 0 spiro atoms. The van der Waals surface area contributed by atoms with Crippen LogP contribution in [0.1, 0.15) is 57.3 Å². The van der Waals surface area contributed by atoms with Crippen LogP contribution in [0.4, 0.5) is 0 Å². The van der Waals surface area contributed by atoms with Crippen LogP contribution in [-0.4, -0.2) is 17.8 Å².